The van der Waals surface area contributed by atoms with Gasteiger partial charge in [0.15, 0.2) is 0 Å². The van der Waals surface area contributed by atoms with Crippen LogP contribution in [-0.4, -0.2) is 60.3 Å². The molecule has 2 saturated heterocycles. The van der Waals surface area contributed by atoms with Crippen LogP contribution in [0.5, 0.6) is 0 Å². The van der Waals surface area contributed by atoms with E-state index in [1.807, 2.05) is 0 Å². The molecule has 2 heterocycles. The lowest BCUT2D eigenvalue weighted by Gasteiger charge is -2.42. The van der Waals surface area contributed by atoms with Crippen molar-refractivity contribution in [3.8, 4) is 0 Å². The quantitative estimate of drug-likeness (QED) is 0.174. The maximum absolute atomic E-state index is 12.4. The monoisotopic (exact) mass is 458 g/mol. The Hall–Kier alpha value is -2.48. The third-order valence-corrected chi connectivity index (χ3v) is 6.53. The second-order valence-corrected chi connectivity index (χ2v) is 9.18. The highest BCUT2D eigenvalue weighted by atomic mass is 16.6. The van der Waals surface area contributed by atoms with Crippen molar-refractivity contribution in [3.05, 3.63) is 60.3 Å². The van der Waals surface area contributed by atoms with Gasteiger partial charge in [0, 0.05) is 19.3 Å². The summed E-state index contributed by atoms with van der Waals surface area (Å²) in [5.74, 6) is -1.45. The molecule has 1 aliphatic carbocycles. The first-order chi connectivity index (χ1) is 15.7. The number of carbonyl (C=O) groups excluding carboxylic acids is 1. The zero-order valence-electron chi connectivity index (χ0n) is 19.7. The number of rotatable bonds is 10. The van der Waals surface area contributed by atoms with Crippen LogP contribution in [0.25, 0.3) is 0 Å². The Morgan fingerprint density at radius 2 is 1.73 bits per heavy atom. The number of hydrogen-bond acceptors (Lipinski definition) is 6. The molecule has 0 amide bonds. The zero-order chi connectivity index (χ0) is 24.1. The lowest BCUT2D eigenvalue weighted by molar-refractivity contribution is -0.166. The van der Waals surface area contributed by atoms with Crippen LogP contribution < -0.4 is 0 Å². The highest BCUT2D eigenvalue weighted by molar-refractivity contribution is 5.82. The minimum Gasteiger partial charge on any atom is -0.478 e. The van der Waals surface area contributed by atoms with Crippen molar-refractivity contribution >= 4 is 11.9 Å². The third-order valence-electron chi connectivity index (χ3n) is 6.53. The number of epoxide rings is 2. The van der Waals surface area contributed by atoms with Gasteiger partial charge < -0.3 is 24.1 Å². The van der Waals surface area contributed by atoms with Crippen molar-refractivity contribution in [3.63, 3.8) is 0 Å². The van der Waals surface area contributed by atoms with Gasteiger partial charge in [0.05, 0.1) is 18.6 Å². The fourth-order valence-electron chi connectivity index (χ4n) is 4.79. The Morgan fingerprint density at radius 3 is 2.30 bits per heavy atom. The maximum atomic E-state index is 12.4. The number of carboxylic acid groups (broad SMARTS) is 1. The van der Waals surface area contributed by atoms with Gasteiger partial charge in [-0.1, -0.05) is 48.1 Å². The number of carbonyl (C=O) groups is 2. The molecule has 3 rings (SSSR count). The predicted molar refractivity (Wildman–Crippen MR) is 124 cm³/mol. The largest absolute Gasteiger partial charge is 0.478 e. The van der Waals surface area contributed by atoms with Crippen LogP contribution in [0.2, 0.25) is 0 Å². The number of ether oxygens (including phenoxy) is 4. The summed E-state index contributed by atoms with van der Waals surface area (Å²) in [6, 6.07) is 0. The highest BCUT2D eigenvalue weighted by Gasteiger charge is 2.72. The van der Waals surface area contributed by atoms with E-state index in [2.05, 4.69) is 26.8 Å². The van der Waals surface area contributed by atoms with E-state index in [0.717, 1.165) is 18.9 Å². The summed E-state index contributed by atoms with van der Waals surface area (Å²) in [7, 11) is 1.65. The lowest BCUT2D eigenvalue weighted by Crippen LogP contribution is -2.55. The molecule has 0 aromatic carbocycles. The first kappa shape index (κ1) is 25.1. The first-order valence-electron chi connectivity index (χ1n) is 11.3. The summed E-state index contributed by atoms with van der Waals surface area (Å²) >= 11 is 0. The summed E-state index contributed by atoms with van der Waals surface area (Å²) in [5, 5.41) is 8.51. The second kappa shape index (κ2) is 10.6. The minimum atomic E-state index is -1.00. The van der Waals surface area contributed by atoms with Crippen molar-refractivity contribution < 1.29 is 33.6 Å². The first-order valence-corrected chi connectivity index (χ1v) is 11.3. The molecule has 3 fully saturated rings. The van der Waals surface area contributed by atoms with Gasteiger partial charge in [0.1, 0.15) is 23.4 Å². The van der Waals surface area contributed by atoms with Crippen molar-refractivity contribution in [2.45, 2.75) is 69.5 Å². The molecule has 0 radical (unpaired) electrons. The molecule has 3 aliphatic rings. The van der Waals surface area contributed by atoms with Gasteiger partial charge in [-0.05, 0) is 40.0 Å². The number of aliphatic carboxylic acids is 1. The third kappa shape index (κ3) is 6.31. The van der Waals surface area contributed by atoms with Gasteiger partial charge in [0.25, 0.3) is 0 Å². The molecule has 0 aromatic heterocycles. The molecule has 1 spiro atoms. The van der Waals surface area contributed by atoms with E-state index < -0.39 is 11.9 Å². The van der Waals surface area contributed by atoms with Gasteiger partial charge in [-0.25, -0.2) is 9.59 Å². The average molecular weight is 459 g/mol. The molecular formula is C26H34O7. The van der Waals surface area contributed by atoms with Crippen LogP contribution in [0, 0.1) is 5.92 Å². The summed E-state index contributed by atoms with van der Waals surface area (Å²) in [5.41, 5.74) is 0.642. The fraction of sp³-hybridized carbons (Fsp3) is 0.538. The molecule has 1 saturated carbocycles. The van der Waals surface area contributed by atoms with Crippen molar-refractivity contribution in [2.75, 3.05) is 13.7 Å². The number of methoxy groups -OCH3 is 1. The standard InChI is InChI=1S/C26H34O7/c1-18(2)13-14-20-25(3,33-20)24-23(30-4)19(15-16-26(24)17-31-26)32-22(29)12-10-8-6-5-7-9-11-21(27)28/h5-13,19-20,23-24H,14-17H2,1-4H3,(H,27,28)/b7-5+,8-6+,11-9+,12-10+/t19?,20-,23-,24-,25+,26+/m1/s1. The van der Waals surface area contributed by atoms with E-state index in [9.17, 15) is 9.59 Å². The van der Waals surface area contributed by atoms with E-state index in [4.69, 9.17) is 24.1 Å². The molecule has 180 valence electrons. The molecule has 1 unspecified atom stereocenters. The molecule has 0 aromatic rings. The van der Waals surface area contributed by atoms with Crippen LogP contribution >= 0.6 is 0 Å². The molecule has 0 bridgehead atoms. The molecule has 7 nitrogen and oxygen atoms in total. The number of esters is 1. The molecule has 6 atom stereocenters. The van der Waals surface area contributed by atoms with Crippen molar-refractivity contribution in [1.82, 2.24) is 0 Å². The molecular weight excluding hydrogens is 424 g/mol. The molecule has 7 heteroatoms. The Bertz CT molecular complexity index is 873. The molecule has 33 heavy (non-hydrogen) atoms. The second-order valence-electron chi connectivity index (χ2n) is 9.18. The van der Waals surface area contributed by atoms with Gasteiger partial charge in [-0.2, -0.15) is 0 Å². The molecule has 1 N–H and O–H groups in total. The van der Waals surface area contributed by atoms with E-state index >= 15 is 0 Å². The lowest BCUT2D eigenvalue weighted by atomic mass is 9.68. The topological polar surface area (TPSA) is 97.9 Å². The predicted octanol–water partition coefficient (Wildman–Crippen LogP) is 3.92. The number of allylic oxidation sites excluding steroid dienone is 7. The normalized spacial score (nSPS) is 35.6. The summed E-state index contributed by atoms with van der Waals surface area (Å²) in [6.07, 6.45) is 16.0. The SMILES string of the molecule is CO[C@@H]1C(OC(=O)/C=C/C=C/C=C/C=C/C(=O)O)CC[C@]2(CO2)[C@H]1[C@@]1(C)O[C@@H]1CC=C(C)C. The van der Waals surface area contributed by atoms with E-state index in [1.54, 1.807) is 37.5 Å². The van der Waals surface area contributed by atoms with E-state index in [0.29, 0.717) is 13.0 Å². The van der Waals surface area contributed by atoms with E-state index in [-0.39, 0.29) is 35.4 Å². The van der Waals surface area contributed by atoms with Gasteiger partial charge in [-0.3, -0.25) is 0 Å². The highest BCUT2D eigenvalue weighted by Crippen LogP contribution is 2.59. The van der Waals surface area contributed by atoms with Crippen LogP contribution in [0.4, 0.5) is 0 Å². The fourth-order valence-corrected chi connectivity index (χ4v) is 4.79. The number of hydrogen-bond donors (Lipinski definition) is 1. The van der Waals surface area contributed by atoms with Crippen molar-refractivity contribution in [1.29, 1.82) is 0 Å². The molecule has 2 aliphatic heterocycles. The Labute approximate surface area is 195 Å². The van der Waals surface area contributed by atoms with Crippen LogP contribution in [-0.2, 0) is 28.5 Å². The van der Waals surface area contributed by atoms with Gasteiger partial charge >= 0.3 is 11.9 Å². The summed E-state index contributed by atoms with van der Waals surface area (Å²) < 4.78 is 23.8. The summed E-state index contributed by atoms with van der Waals surface area (Å²) in [4.78, 5) is 22.8. The smallest absolute Gasteiger partial charge is 0.331 e. The van der Waals surface area contributed by atoms with Gasteiger partial charge in [0.2, 0.25) is 0 Å². The van der Waals surface area contributed by atoms with Crippen LogP contribution in [0.15, 0.2) is 60.3 Å². The van der Waals surface area contributed by atoms with Crippen LogP contribution in [0.1, 0.15) is 40.0 Å². The maximum Gasteiger partial charge on any atom is 0.331 e. The Balaban J connectivity index is 1.59. The van der Waals surface area contributed by atoms with E-state index in [1.165, 1.54) is 17.7 Å². The Morgan fingerprint density at radius 1 is 1.09 bits per heavy atom. The minimum absolute atomic E-state index is 0.00928. The number of carboxylic acids is 1. The van der Waals surface area contributed by atoms with Crippen LogP contribution in [0.3, 0.4) is 0 Å². The average Bonchev–Trinajstić information content (AvgIpc) is 3.67. The van der Waals surface area contributed by atoms with Crippen molar-refractivity contribution in [2.24, 2.45) is 5.92 Å². The zero-order valence-corrected chi connectivity index (χ0v) is 19.7. The van der Waals surface area contributed by atoms with Gasteiger partial charge in [-0.15, -0.1) is 0 Å². The Kier molecular flexibility index (Phi) is 8.10. The summed E-state index contributed by atoms with van der Waals surface area (Å²) in [6.45, 7) is 6.96.